The number of hydrogen-bond donors (Lipinski definition) is 3. The van der Waals surface area contributed by atoms with Gasteiger partial charge in [-0.2, -0.15) is 0 Å². The van der Waals surface area contributed by atoms with Gasteiger partial charge in [0, 0.05) is 6.54 Å². The van der Waals surface area contributed by atoms with Gasteiger partial charge in [-0.1, -0.05) is 36.8 Å². The van der Waals surface area contributed by atoms with Crippen molar-refractivity contribution in [2.45, 2.75) is 39.3 Å². The summed E-state index contributed by atoms with van der Waals surface area (Å²) in [5.74, 6) is -0.552. The van der Waals surface area contributed by atoms with Gasteiger partial charge in [0.2, 0.25) is 11.8 Å². The van der Waals surface area contributed by atoms with Crippen LogP contribution in [0.15, 0.2) is 24.3 Å². The molecule has 0 aliphatic carbocycles. The molecule has 0 aliphatic rings. The SMILES string of the molecule is CCCNC(=O)C(C)NC(=O)C(N)c1ccc(C)cc1. The molecule has 110 valence electrons. The van der Waals surface area contributed by atoms with Crippen LogP contribution in [0.2, 0.25) is 0 Å². The van der Waals surface area contributed by atoms with Crippen LogP contribution in [0.3, 0.4) is 0 Å². The summed E-state index contributed by atoms with van der Waals surface area (Å²) in [7, 11) is 0. The number of carbonyl (C=O) groups excluding carboxylic acids is 2. The first-order valence-corrected chi connectivity index (χ1v) is 6.86. The summed E-state index contributed by atoms with van der Waals surface area (Å²) in [5, 5.41) is 5.35. The highest BCUT2D eigenvalue weighted by Crippen LogP contribution is 2.11. The second-order valence-electron chi connectivity index (χ2n) is 4.91. The van der Waals surface area contributed by atoms with Crippen LogP contribution in [-0.4, -0.2) is 24.4 Å². The molecular weight excluding hydrogens is 254 g/mol. The van der Waals surface area contributed by atoms with Gasteiger partial charge in [-0.25, -0.2) is 0 Å². The van der Waals surface area contributed by atoms with Crippen molar-refractivity contribution in [2.75, 3.05) is 6.54 Å². The minimum Gasteiger partial charge on any atom is -0.354 e. The summed E-state index contributed by atoms with van der Waals surface area (Å²) in [5.41, 5.74) is 7.73. The highest BCUT2D eigenvalue weighted by atomic mass is 16.2. The van der Waals surface area contributed by atoms with E-state index in [0.29, 0.717) is 6.54 Å². The van der Waals surface area contributed by atoms with Crippen molar-refractivity contribution >= 4 is 11.8 Å². The Balaban J connectivity index is 2.57. The Morgan fingerprint density at radius 3 is 2.35 bits per heavy atom. The van der Waals surface area contributed by atoms with Gasteiger partial charge in [-0.05, 0) is 25.8 Å². The van der Waals surface area contributed by atoms with E-state index in [9.17, 15) is 9.59 Å². The fourth-order valence-corrected chi connectivity index (χ4v) is 1.70. The van der Waals surface area contributed by atoms with Crippen LogP contribution in [0.1, 0.15) is 37.4 Å². The van der Waals surface area contributed by atoms with Crippen molar-refractivity contribution in [3.8, 4) is 0 Å². The molecule has 0 saturated carbocycles. The molecule has 0 heterocycles. The number of hydrogen-bond acceptors (Lipinski definition) is 3. The molecule has 0 bridgehead atoms. The second kappa shape index (κ2) is 7.65. The average molecular weight is 277 g/mol. The highest BCUT2D eigenvalue weighted by Gasteiger charge is 2.20. The molecule has 1 aromatic carbocycles. The largest absolute Gasteiger partial charge is 0.354 e. The van der Waals surface area contributed by atoms with Crippen molar-refractivity contribution in [3.05, 3.63) is 35.4 Å². The molecule has 0 spiro atoms. The van der Waals surface area contributed by atoms with Gasteiger partial charge in [0.25, 0.3) is 0 Å². The predicted molar refractivity (Wildman–Crippen MR) is 79.0 cm³/mol. The van der Waals surface area contributed by atoms with E-state index in [0.717, 1.165) is 17.5 Å². The molecule has 20 heavy (non-hydrogen) atoms. The van der Waals surface area contributed by atoms with Crippen LogP contribution in [0.25, 0.3) is 0 Å². The summed E-state index contributed by atoms with van der Waals surface area (Å²) in [6.07, 6.45) is 0.856. The van der Waals surface area contributed by atoms with Crippen LogP contribution in [0.5, 0.6) is 0 Å². The fraction of sp³-hybridized carbons (Fsp3) is 0.467. The lowest BCUT2D eigenvalue weighted by Gasteiger charge is -2.17. The van der Waals surface area contributed by atoms with E-state index >= 15 is 0 Å². The van der Waals surface area contributed by atoms with Crippen LogP contribution < -0.4 is 16.4 Å². The van der Waals surface area contributed by atoms with Gasteiger partial charge >= 0.3 is 0 Å². The number of carbonyl (C=O) groups is 2. The lowest BCUT2D eigenvalue weighted by Crippen LogP contribution is -2.47. The summed E-state index contributed by atoms with van der Waals surface area (Å²) in [6, 6.07) is 6.09. The van der Waals surface area contributed by atoms with Gasteiger partial charge in [-0.3, -0.25) is 9.59 Å². The molecule has 5 nitrogen and oxygen atoms in total. The van der Waals surface area contributed by atoms with Crippen molar-refractivity contribution < 1.29 is 9.59 Å². The van der Waals surface area contributed by atoms with Crippen LogP contribution >= 0.6 is 0 Å². The van der Waals surface area contributed by atoms with E-state index in [4.69, 9.17) is 5.73 Å². The summed E-state index contributed by atoms with van der Waals surface area (Å²) < 4.78 is 0. The molecule has 2 amide bonds. The summed E-state index contributed by atoms with van der Waals surface area (Å²) in [6.45, 7) is 6.18. The Hall–Kier alpha value is -1.88. The van der Waals surface area contributed by atoms with E-state index in [2.05, 4.69) is 10.6 Å². The molecule has 5 heteroatoms. The maximum Gasteiger partial charge on any atom is 0.242 e. The number of amides is 2. The molecule has 0 aromatic heterocycles. The van der Waals surface area contributed by atoms with Gasteiger partial charge in [0.05, 0.1) is 0 Å². The van der Waals surface area contributed by atoms with Gasteiger partial charge < -0.3 is 16.4 Å². The van der Waals surface area contributed by atoms with E-state index in [-0.39, 0.29) is 11.8 Å². The van der Waals surface area contributed by atoms with E-state index < -0.39 is 12.1 Å². The maximum atomic E-state index is 12.0. The van der Waals surface area contributed by atoms with Crippen LogP contribution in [0.4, 0.5) is 0 Å². The van der Waals surface area contributed by atoms with E-state index in [1.54, 1.807) is 6.92 Å². The average Bonchev–Trinajstić information content (AvgIpc) is 2.44. The van der Waals surface area contributed by atoms with Crippen molar-refractivity contribution in [2.24, 2.45) is 5.73 Å². The maximum absolute atomic E-state index is 12.0. The minimum atomic E-state index is -0.767. The Morgan fingerprint density at radius 2 is 1.80 bits per heavy atom. The first kappa shape index (κ1) is 16.2. The van der Waals surface area contributed by atoms with Crippen molar-refractivity contribution in [3.63, 3.8) is 0 Å². The number of aryl methyl sites for hydroxylation is 1. The summed E-state index contributed by atoms with van der Waals surface area (Å²) >= 11 is 0. The Morgan fingerprint density at radius 1 is 1.20 bits per heavy atom. The normalized spacial score (nSPS) is 13.4. The number of nitrogens with one attached hydrogen (secondary N) is 2. The lowest BCUT2D eigenvalue weighted by atomic mass is 10.1. The van der Waals surface area contributed by atoms with Gasteiger partial charge in [0.15, 0.2) is 0 Å². The number of benzene rings is 1. The zero-order chi connectivity index (χ0) is 15.1. The van der Waals surface area contributed by atoms with Gasteiger partial charge in [-0.15, -0.1) is 0 Å². The van der Waals surface area contributed by atoms with E-state index in [1.165, 1.54) is 0 Å². The topological polar surface area (TPSA) is 84.2 Å². The molecule has 0 aliphatic heterocycles. The van der Waals surface area contributed by atoms with Gasteiger partial charge in [0.1, 0.15) is 12.1 Å². The Labute approximate surface area is 119 Å². The molecule has 0 fully saturated rings. The number of rotatable bonds is 6. The molecular formula is C15H23N3O2. The lowest BCUT2D eigenvalue weighted by molar-refractivity contribution is -0.129. The molecule has 0 saturated heterocycles. The zero-order valence-corrected chi connectivity index (χ0v) is 12.3. The molecule has 2 unspecified atom stereocenters. The molecule has 0 radical (unpaired) electrons. The molecule has 1 rings (SSSR count). The second-order valence-corrected chi connectivity index (χ2v) is 4.91. The van der Waals surface area contributed by atoms with Crippen LogP contribution in [-0.2, 0) is 9.59 Å². The number of nitrogens with two attached hydrogens (primary N) is 1. The highest BCUT2D eigenvalue weighted by molar-refractivity contribution is 5.89. The van der Waals surface area contributed by atoms with Crippen molar-refractivity contribution in [1.29, 1.82) is 0 Å². The zero-order valence-electron chi connectivity index (χ0n) is 12.3. The first-order valence-electron chi connectivity index (χ1n) is 6.86. The van der Waals surface area contributed by atoms with Crippen LogP contribution in [0, 0.1) is 6.92 Å². The first-order chi connectivity index (χ1) is 9.45. The summed E-state index contributed by atoms with van der Waals surface area (Å²) in [4.78, 5) is 23.7. The monoisotopic (exact) mass is 277 g/mol. The third-order valence-corrected chi connectivity index (χ3v) is 3.02. The molecule has 2 atom stereocenters. The Bertz CT molecular complexity index is 457. The third-order valence-electron chi connectivity index (χ3n) is 3.02. The predicted octanol–water partition coefficient (Wildman–Crippen LogP) is 1.03. The van der Waals surface area contributed by atoms with Crippen molar-refractivity contribution in [1.82, 2.24) is 10.6 Å². The third kappa shape index (κ3) is 4.66. The smallest absolute Gasteiger partial charge is 0.242 e. The fourth-order valence-electron chi connectivity index (χ4n) is 1.70. The minimum absolute atomic E-state index is 0.198. The molecule has 1 aromatic rings. The van der Waals surface area contributed by atoms with E-state index in [1.807, 2.05) is 38.1 Å². The Kier molecular flexibility index (Phi) is 6.18. The quantitative estimate of drug-likeness (QED) is 0.726. The molecule has 4 N–H and O–H groups in total. The standard InChI is InChI=1S/C15H23N3O2/c1-4-9-17-14(19)11(3)18-15(20)13(16)12-7-5-10(2)6-8-12/h5-8,11,13H,4,9,16H2,1-3H3,(H,17,19)(H,18,20).